The molecule has 0 radical (unpaired) electrons. The van der Waals surface area contributed by atoms with Crippen LogP contribution in [0.5, 0.6) is 5.75 Å². The molecule has 4 rings (SSSR count). The number of ether oxygens (including phenoxy) is 1. The lowest BCUT2D eigenvalue weighted by Crippen LogP contribution is -2.42. The summed E-state index contributed by atoms with van der Waals surface area (Å²) in [5, 5.41) is 0. The quantitative estimate of drug-likeness (QED) is 0.246. The largest absolute Gasteiger partial charge is 0.494 e. The van der Waals surface area contributed by atoms with Crippen LogP contribution in [0, 0.1) is 6.92 Å². The van der Waals surface area contributed by atoms with Crippen LogP contribution in [-0.2, 0) is 27.9 Å². The maximum absolute atomic E-state index is 13.9. The van der Waals surface area contributed by atoms with Crippen molar-refractivity contribution in [2.75, 3.05) is 17.5 Å². The van der Waals surface area contributed by atoms with Gasteiger partial charge in [0.2, 0.25) is 5.91 Å². The molecule has 1 amide bonds. The molecule has 0 N–H and O–H groups in total. The van der Waals surface area contributed by atoms with Crippen molar-refractivity contribution in [2.45, 2.75) is 31.8 Å². The molecule has 4 aromatic rings. The first-order valence-corrected chi connectivity index (χ1v) is 14.0. The SMILES string of the molecule is CCOc1ccc(N(CC(=O)N(Cc2ccccc2)Cc2ccccc2)S(=O)(=O)c2ccc(C)cc2)cc1. The average molecular weight is 529 g/mol. The van der Waals surface area contributed by atoms with Gasteiger partial charge in [-0.15, -0.1) is 0 Å². The molecule has 0 unspecified atom stereocenters. The number of hydrogen-bond donors (Lipinski definition) is 0. The van der Waals surface area contributed by atoms with Gasteiger partial charge >= 0.3 is 0 Å². The highest BCUT2D eigenvalue weighted by molar-refractivity contribution is 7.92. The Morgan fingerprint density at radius 1 is 0.737 bits per heavy atom. The lowest BCUT2D eigenvalue weighted by molar-refractivity contribution is -0.130. The van der Waals surface area contributed by atoms with Gasteiger partial charge in [-0.2, -0.15) is 0 Å². The standard InChI is InChI=1S/C31H32N2O4S/c1-3-37-29-18-16-28(17-19-29)33(38(35,36)30-20-14-25(2)15-21-30)24-31(34)32(22-26-10-6-4-7-11-26)23-27-12-8-5-9-13-27/h4-21H,3,22-24H2,1-2H3. The van der Waals surface area contributed by atoms with E-state index in [0.717, 1.165) is 16.7 Å². The highest BCUT2D eigenvalue weighted by atomic mass is 32.2. The van der Waals surface area contributed by atoms with E-state index in [2.05, 4.69) is 0 Å². The van der Waals surface area contributed by atoms with E-state index < -0.39 is 10.0 Å². The normalized spacial score (nSPS) is 11.1. The van der Waals surface area contributed by atoms with Crippen molar-refractivity contribution >= 4 is 21.6 Å². The van der Waals surface area contributed by atoms with Crippen molar-refractivity contribution in [1.82, 2.24) is 4.90 Å². The maximum atomic E-state index is 13.9. The topological polar surface area (TPSA) is 66.9 Å². The number of sulfonamides is 1. The van der Waals surface area contributed by atoms with Gasteiger partial charge in [0.25, 0.3) is 10.0 Å². The van der Waals surface area contributed by atoms with Crippen LogP contribution in [0.15, 0.2) is 114 Å². The number of rotatable bonds is 11. The van der Waals surface area contributed by atoms with Crippen molar-refractivity contribution in [2.24, 2.45) is 0 Å². The van der Waals surface area contributed by atoms with Crippen molar-refractivity contribution in [3.8, 4) is 5.75 Å². The molecular formula is C31H32N2O4S. The van der Waals surface area contributed by atoms with Gasteiger partial charge in [-0.1, -0.05) is 78.4 Å². The molecule has 0 spiro atoms. The minimum atomic E-state index is -4.03. The van der Waals surface area contributed by atoms with Crippen LogP contribution in [0.3, 0.4) is 0 Å². The fourth-order valence-electron chi connectivity index (χ4n) is 4.09. The van der Waals surface area contributed by atoms with Gasteiger partial charge in [-0.25, -0.2) is 8.42 Å². The molecule has 0 aromatic heterocycles. The number of aryl methyl sites for hydroxylation is 1. The third-order valence-electron chi connectivity index (χ3n) is 6.11. The molecule has 0 aliphatic carbocycles. The molecule has 0 bridgehead atoms. The van der Waals surface area contributed by atoms with E-state index in [-0.39, 0.29) is 17.3 Å². The molecule has 0 fully saturated rings. The van der Waals surface area contributed by atoms with Crippen molar-refractivity contribution in [3.05, 3.63) is 126 Å². The van der Waals surface area contributed by atoms with Gasteiger partial charge in [0, 0.05) is 13.1 Å². The first kappa shape index (κ1) is 26.9. The number of anilines is 1. The zero-order valence-corrected chi connectivity index (χ0v) is 22.5. The van der Waals surface area contributed by atoms with Crippen LogP contribution in [0.1, 0.15) is 23.6 Å². The predicted molar refractivity (Wildman–Crippen MR) is 150 cm³/mol. The van der Waals surface area contributed by atoms with E-state index in [1.54, 1.807) is 53.4 Å². The summed E-state index contributed by atoms with van der Waals surface area (Å²) in [5.74, 6) is 0.326. The van der Waals surface area contributed by atoms with Gasteiger partial charge < -0.3 is 9.64 Å². The molecule has 0 aliphatic heterocycles. The average Bonchev–Trinajstić information content (AvgIpc) is 2.93. The summed E-state index contributed by atoms with van der Waals surface area (Å²) in [7, 11) is -4.03. The number of carbonyl (C=O) groups is 1. The zero-order valence-electron chi connectivity index (χ0n) is 21.7. The molecular weight excluding hydrogens is 496 g/mol. The molecule has 0 aliphatic rings. The first-order valence-electron chi connectivity index (χ1n) is 12.5. The Morgan fingerprint density at radius 2 is 1.26 bits per heavy atom. The van der Waals surface area contributed by atoms with Crippen molar-refractivity contribution in [3.63, 3.8) is 0 Å². The summed E-state index contributed by atoms with van der Waals surface area (Å²) in [4.78, 5) is 15.7. The second-order valence-electron chi connectivity index (χ2n) is 8.97. The number of benzene rings is 4. The van der Waals surface area contributed by atoms with Crippen LogP contribution in [0.25, 0.3) is 0 Å². The highest BCUT2D eigenvalue weighted by Gasteiger charge is 2.29. The fraction of sp³-hybridized carbons (Fsp3) is 0.194. The second-order valence-corrected chi connectivity index (χ2v) is 10.8. The maximum Gasteiger partial charge on any atom is 0.264 e. The van der Waals surface area contributed by atoms with Crippen LogP contribution < -0.4 is 9.04 Å². The smallest absolute Gasteiger partial charge is 0.264 e. The van der Waals surface area contributed by atoms with E-state index in [1.165, 1.54) is 4.31 Å². The Bertz CT molecular complexity index is 1380. The number of amides is 1. The van der Waals surface area contributed by atoms with Crippen molar-refractivity contribution in [1.29, 1.82) is 0 Å². The summed E-state index contributed by atoms with van der Waals surface area (Å²) >= 11 is 0. The first-order chi connectivity index (χ1) is 18.4. The van der Waals surface area contributed by atoms with E-state index in [9.17, 15) is 13.2 Å². The Labute approximate surface area is 225 Å². The number of nitrogens with zero attached hydrogens (tertiary/aromatic N) is 2. The molecule has 7 heteroatoms. The zero-order chi connectivity index (χ0) is 27.0. The molecule has 0 atom stereocenters. The van der Waals surface area contributed by atoms with Gasteiger partial charge in [0.15, 0.2) is 0 Å². The van der Waals surface area contributed by atoms with Crippen LogP contribution in [0.2, 0.25) is 0 Å². The van der Waals surface area contributed by atoms with E-state index in [1.807, 2.05) is 74.5 Å². The molecule has 4 aromatic carbocycles. The number of carbonyl (C=O) groups excluding carboxylic acids is 1. The summed E-state index contributed by atoms with van der Waals surface area (Å²) in [6.45, 7) is 4.65. The van der Waals surface area contributed by atoms with E-state index in [0.29, 0.717) is 31.1 Å². The van der Waals surface area contributed by atoms with Crippen LogP contribution in [0.4, 0.5) is 5.69 Å². The summed E-state index contributed by atoms with van der Waals surface area (Å²) in [6.07, 6.45) is 0. The van der Waals surface area contributed by atoms with Crippen LogP contribution >= 0.6 is 0 Å². The molecule has 0 saturated carbocycles. The minimum absolute atomic E-state index is 0.127. The molecule has 196 valence electrons. The Hall–Kier alpha value is -4.10. The van der Waals surface area contributed by atoms with Gasteiger partial charge in [-0.05, 0) is 61.4 Å². The Balaban J connectivity index is 1.69. The minimum Gasteiger partial charge on any atom is -0.494 e. The van der Waals surface area contributed by atoms with Crippen LogP contribution in [-0.4, -0.2) is 32.4 Å². The van der Waals surface area contributed by atoms with Gasteiger partial charge in [0.1, 0.15) is 12.3 Å². The fourth-order valence-corrected chi connectivity index (χ4v) is 5.50. The second kappa shape index (κ2) is 12.4. The highest BCUT2D eigenvalue weighted by Crippen LogP contribution is 2.27. The third-order valence-corrected chi connectivity index (χ3v) is 7.90. The number of hydrogen-bond acceptors (Lipinski definition) is 4. The Morgan fingerprint density at radius 3 is 1.76 bits per heavy atom. The van der Waals surface area contributed by atoms with Gasteiger partial charge in [0.05, 0.1) is 17.2 Å². The van der Waals surface area contributed by atoms with E-state index in [4.69, 9.17) is 4.74 Å². The lowest BCUT2D eigenvalue weighted by atomic mass is 10.1. The van der Waals surface area contributed by atoms with Crippen molar-refractivity contribution < 1.29 is 17.9 Å². The summed E-state index contributed by atoms with van der Waals surface area (Å²) in [6, 6.07) is 32.8. The monoisotopic (exact) mass is 528 g/mol. The third kappa shape index (κ3) is 6.81. The van der Waals surface area contributed by atoms with E-state index >= 15 is 0 Å². The molecule has 38 heavy (non-hydrogen) atoms. The summed E-state index contributed by atoms with van der Waals surface area (Å²) < 4.78 is 34.4. The summed E-state index contributed by atoms with van der Waals surface area (Å²) in [5.41, 5.74) is 3.27. The molecule has 0 saturated heterocycles. The lowest BCUT2D eigenvalue weighted by Gasteiger charge is -2.29. The molecule has 0 heterocycles. The van der Waals surface area contributed by atoms with Gasteiger partial charge in [-0.3, -0.25) is 9.10 Å². The predicted octanol–water partition coefficient (Wildman–Crippen LogP) is 5.82. The Kier molecular flexibility index (Phi) is 8.81. The molecule has 6 nitrogen and oxygen atoms in total.